The van der Waals surface area contributed by atoms with E-state index in [1.807, 2.05) is 0 Å². The molecule has 1 aromatic heterocycles. The average molecular weight is 260 g/mol. The number of aromatic nitrogens is 1. The summed E-state index contributed by atoms with van der Waals surface area (Å²) in [6, 6.07) is 4.92. The van der Waals surface area contributed by atoms with Gasteiger partial charge in [-0.3, -0.25) is 10.1 Å². The van der Waals surface area contributed by atoms with Gasteiger partial charge in [0.2, 0.25) is 5.69 Å². The summed E-state index contributed by atoms with van der Waals surface area (Å²) in [6.45, 7) is 2.09. The van der Waals surface area contributed by atoms with Gasteiger partial charge in [0.25, 0.3) is 0 Å². The molecular weight excluding hydrogens is 244 g/mol. The summed E-state index contributed by atoms with van der Waals surface area (Å²) < 4.78 is 0. The zero-order valence-electron chi connectivity index (χ0n) is 10.8. The van der Waals surface area contributed by atoms with Crippen LogP contribution in [0, 0.1) is 27.4 Å². The fraction of sp³-hybridized carbons (Fsp3) is 0.538. The highest BCUT2D eigenvalue weighted by atomic mass is 16.6. The largest absolute Gasteiger partial charge is 0.367 e. The molecule has 0 bridgehead atoms. The summed E-state index contributed by atoms with van der Waals surface area (Å²) in [5, 5.41) is 22.8. The topological polar surface area (TPSA) is 91.9 Å². The molecule has 0 spiro atoms. The lowest BCUT2D eigenvalue weighted by Crippen LogP contribution is -2.24. The summed E-state index contributed by atoms with van der Waals surface area (Å²) in [5.41, 5.74) is -0.393. The van der Waals surface area contributed by atoms with Crippen LogP contribution in [0.4, 0.5) is 11.5 Å². The Kier molecular flexibility index (Phi) is 3.95. The minimum Gasteiger partial charge on any atom is -0.367 e. The molecule has 100 valence electrons. The molecule has 19 heavy (non-hydrogen) atoms. The van der Waals surface area contributed by atoms with Gasteiger partial charge in [-0.15, -0.1) is 0 Å². The van der Waals surface area contributed by atoms with Crippen LogP contribution >= 0.6 is 0 Å². The summed E-state index contributed by atoms with van der Waals surface area (Å²) in [7, 11) is 0. The molecule has 1 N–H and O–H groups in total. The van der Waals surface area contributed by atoms with Crippen LogP contribution in [0.2, 0.25) is 0 Å². The molecule has 0 aromatic carbocycles. The fourth-order valence-electron chi connectivity index (χ4n) is 2.57. The highest BCUT2D eigenvalue weighted by Gasteiger charge is 2.22. The number of nitriles is 1. The van der Waals surface area contributed by atoms with Gasteiger partial charge in [-0.2, -0.15) is 5.26 Å². The highest BCUT2D eigenvalue weighted by Crippen LogP contribution is 2.29. The van der Waals surface area contributed by atoms with E-state index in [1.54, 1.807) is 12.1 Å². The molecule has 0 amide bonds. The van der Waals surface area contributed by atoms with Crippen LogP contribution < -0.4 is 5.32 Å². The Hall–Kier alpha value is -2.16. The molecule has 1 aliphatic carbocycles. The third kappa shape index (κ3) is 2.99. The number of nitro groups is 1. The lowest BCUT2D eigenvalue weighted by molar-refractivity contribution is -0.385. The zero-order chi connectivity index (χ0) is 13.8. The van der Waals surface area contributed by atoms with E-state index in [0.717, 1.165) is 0 Å². The predicted octanol–water partition coefficient (Wildman–Crippen LogP) is 2.85. The monoisotopic (exact) mass is 260 g/mol. The lowest BCUT2D eigenvalue weighted by atomic mass is 10.00. The van der Waals surface area contributed by atoms with E-state index in [0.29, 0.717) is 11.7 Å². The minimum atomic E-state index is -0.588. The van der Waals surface area contributed by atoms with Crippen molar-refractivity contribution in [3.8, 4) is 6.07 Å². The molecule has 1 aliphatic rings. The van der Waals surface area contributed by atoms with E-state index in [1.165, 1.54) is 31.7 Å². The second kappa shape index (κ2) is 5.65. The number of rotatable bonds is 4. The summed E-state index contributed by atoms with van der Waals surface area (Å²) >= 11 is 0. The molecule has 1 atom stereocenters. The van der Waals surface area contributed by atoms with Crippen molar-refractivity contribution in [2.24, 2.45) is 5.92 Å². The van der Waals surface area contributed by atoms with Crippen LogP contribution in [0.5, 0.6) is 0 Å². The molecule has 1 fully saturated rings. The minimum absolute atomic E-state index is 0.145. The van der Waals surface area contributed by atoms with E-state index < -0.39 is 4.92 Å². The number of pyridine rings is 1. The Labute approximate surface area is 111 Å². The van der Waals surface area contributed by atoms with Crippen LogP contribution in [0.1, 0.15) is 38.3 Å². The second-order valence-corrected chi connectivity index (χ2v) is 4.91. The van der Waals surface area contributed by atoms with Crippen molar-refractivity contribution in [1.29, 1.82) is 5.26 Å². The Balaban J connectivity index is 2.13. The van der Waals surface area contributed by atoms with Crippen molar-refractivity contribution in [1.82, 2.24) is 4.98 Å². The molecule has 1 saturated carbocycles. The highest BCUT2D eigenvalue weighted by molar-refractivity contribution is 5.50. The quantitative estimate of drug-likeness (QED) is 0.663. The molecule has 0 radical (unpaired) electrons. The van der Waals surface area contributed by atoms with E-state index in [9.17, 15) is 10.1 Å². The van der Waals surface area contributed by atoms with Gasteiger partial charge in [0.05, 0.1) is 4.92 Å². The molecule has 0 aliphatic heterocycles. The molecular formula is C13H16N4O2. The van der Waals surface area contributed by atoms with Crippen LogP contribution in [-0.4, -0.2) is 15.9 Å². The number of anilines is 1. The van der Waals surface area contributed by atoms with E-state index in [2.05, 4.69) is 17.2 Å². The van der Waals surface area contributed by atoms with Crippen molar-refractivity contribution in [2.45, 2.75) is 38.6 Å². The van der Waals surface area contributed by atoms with Gasteiger partial charge in [0, 0.05) is 12.1 Å². The average Bonchev–Trinajstić information content (AvgIpc) is 2.92. The first-order valence-corrected chi connectivity index (χ1v) is 6.44. The van der Waals surface area contributed by atoms with Gasteiger partial charge in [-0.25, -0.2) is 4.98 Å². The number of nitrogens with one attached hydrogen (secondary N) is 1. The van der Waals surface area contributed by atoms with Crippen molar-refractivity contribution >= 4 is 11.5 Å². The fourth-order valence-corrected chi connectivity index (χ4v) is 2.57. The molecule has 6 heteroatoms. The maximum atomic E-state index is 10.7. The first-order valence-electron chi connectivity index (χ1n) is 6.44. The molecule has 2 rings (SSSR count). The van der Waals surface area contributed by atoms with Crippen molar-refractivity contribution in [3.63, 3.8) is 0 Å². The maximum Gasteiger partial charge on any atom is 0.305 e. The van der Waals surface area contributed by atoms with Crippen LogP contribution in [-0.2, 0) is 0 Å². The van der Waals surface area contributed by atoms with Gasteiger partial charge in [0.15, 0.2) is 0 Å². The Bertz CT molecular complexity index is 518. The smallest absolute Gasteiger partial charge is 0.305 e. The summed E-state index contributed by atoms with van der Waals surface area (Å²) in [6.07, 6.45) is 4.92. The zero-order valence-corrected chi connectivity index (χ0v) is 10.8. The van der Waals surface area contributed by atoms with Gasteiger partial charge in [-0.1, -0.05) is 12.8 Å². The van der Waals surface area contributed by atoms with Crippen molar-refractivity contribution in [3.05, 3.63) is 27.9 Å². The lowest BCUT2D eigenvalue weighted by Gasteiger charge is -2.20. The van der Waals surface area contributed by atoms with Gasteiger partial charge >= 0.3 is 5.69 Å². The van der Waals surface area contributed by atoms with Gasteiger partial charge < -0.3 is 5.32 Å². The van der Waals surface area contributed by atoms with Crippen LogP contribution in [0.15, 0.2) is 12.1 Å². The number of hydrogen-bond donors (Lipinski definition) is 1. The summed E-state index contributed by atoms with van der Waals surface area (Å²) in [4.78, 5) is 14.1. The van der Waals surface area contributed by atoms with Crippen molar-refractivity contribution in [2.75, 3.05) is 5.32 Å². The third-order valence-electron chi connectivity index (χ3n) is 3.66. The molecule has 0 saturated heterocycles. The van der Waals surface area contributed by atoms with Gasteiger partial charge in [-0.05, 0) is 31.7 Å². The Morgan fingerprint density at radius 2 is 2.21 bits per heavy atom. The predicted molar refractivity (Wildman–Crippen MR) is 70.6 cm³/mol. The van der Waals surface area contributed by atoms with Crippen molar-refractivity contribution < 1.29 is 4.92 Å². The van der Waals surface area contributed by atoms with E-state index in [4.69, 9.17) is 5.26 Å². The Morgan fingerprint density at radius 1 is 1.53 bits per heavy atom. The SMILES string of the molecule is CC(Nc1ccc([N+](=O)[O-])c(C#N)n1)C1CCCC1. The molecule has 1 unspecified atom stereocenters. The number of nitrogens with zero attached hydrogens (tertiary/aromatic N) is 3. The van der Waals surface area contributed by atoms with Crippen LogP contribution in [0.3, 0.4) is 0 Å². The Morgan fingerprint density at radius 3 is 2.79 bits per heavy atom. The number of hydrogen-bond acceptors (Lipinski definition) is 5. The standard InChI is InChI=1S/C13H16N4O2/c1-9(10-4-2-3-5-10)15-13-7-6-12(17(18)19)11(8-14)16-13/h6-7,9-10H,2-5H2,1H3,(H,15,16). The summed E-state index contributed by atoms with van der Waals surface area (Å²) in [5.74, 6) is 1.14. The normalized spacial score (nSPS) is 16.8. The van der Waals surface area contributed by atoms with E-state index in [-0.39, 0.29) is 17.4 Å². The second-order valence-electron chi connectivity index (χ2n) is 4.91. The van der Waals surface area contributed by atoms with Crippen LogP contribution in [0.25, 0.3) is 0 Å². The molecule has 1 heterocycles. The first-order chi connectivity index (χ1) is 9.11. The van der Waals surface area contributed by atoms with Gasteiger partial charge in [0.1, 0.15) is 11.9 Å². The molecule has 6 nitrogen and oxygen atoms in total. The maximum absolute atomic E-state index is 10.7. The van der Waals surface area contributed by atoms with E-state index >= 15 is 0 Å². The first kappa shape index (κ1) is 13.3. The third-order valence-corrected chi connectivity index (χ3v) is 3.66. The molecule has 1 aromatic rings.